The van der Waals surface area contributed by atoms with Crippen LogP contribution in [0.4, 0.5) is 0 Å². The Morgan fingerprint density at radius 3 is 0.589 bits per heavy atom. The Labute approximate surface area is 636 Å². The van der Waals surface area contributed by atoms with Crippen LogP contribution in [0.15, 0.2) is 192 Å². The zero-order chi connectivity index (χ0) is 75.5. The number of nitrogens with zero attached hydrogens (tertiary/aromatic N) is 2. The molecule has 0 amide bonds. The third-order valence-electron chi connectivity index (χ3n) is 18.4. The van der Waals surface area contributed by atoms with E-state index in [1.54, 1.807) is 0 Å². The third-order valence-corrected chi connectivity index (χ3v) is 18.4. The fourth-order valence-electron chi connectivity index (χ4n) is 12.2. The fraction of sp³-hybridized carbons (Fsp3) is 0.451. The molecule has 107 heavy (non-hydrogen) atoms. The summed E-state index contributed by atoms with van der Waals surface area (Å²) in [5, 5.41) is 0. The average molecular weight is 1460 g/mol. The minimum Gasteiger partial charge on any atom is -0.493 e. The maximum absolute atomic E-state index is 6.34. The molecule has 0 unspecified atom stereocenters. The number of ether oxygens (including phenoxy) is 14. The second-order valence-corrected chi connectivity index (χ2v) is 31.5. The van der Waals surface area contributed by atoms with E-state index in [0.29, 0.717) is 203 Å². The van der Waals surface area contributed by atoms with E-state index in [4.69, 9.17) is 76.3 Å². The minimum atomic E-state index is -0.768. The van der Waals surface area contributed by atoms with Gasteiger partial charge in [-0.15, -0.1) is 0 Å². The summed E-state index contributed by atoms with van der Waals surface area (Å²) < 4.78 is 87.2. The van der Waals surface area contributed by atoms with E-state index in [1.165, 1.54) is 22.3 Å². The first-order chi connectivity index (χ1) is 51.5. The Hall–Kier alpha value is -9.70. The van der Waals surface area contributed by atoms with E-state index in [0.717, 1.165) is 45.6 Å². The van der Waals surface area contributed by atoms with Crippen molar-refractivity contribution in [3.8, 4) is 69.0 Å². The normalized spacial score (nSPS) is 13.2. The van der Waals surface area contributed by atoms with Crippen molar-refractivity contribution in [2.45, 2.75) is 156 Å². The van der Waals surface area contributed by atoms with Gasteiger partial charge in [0.2, 0.25) is 0 Å². The molecule has 2 aliphatic rings. The van der Waals surface area contributed by atoms with Crippen LogP contribution in [-0.2, 0) is 44.0 Å². The topological polar surface area (TPSA) is 154 Å². The largest absolute Gasteiger partial charge is 0.493 e. The van der Waals surface area contributed by atoms with Crippen LogP contribution in [0.25, 0.3) is 0 Å². The van der Waals surface area contributed by atoms with Crippen molar-refractivity contribution in [2.24, 2.45) is 15.4 Å². The van der Waals surface area contributed by atoms with Crippen LogP contribution in [0.3, 0.4) is 0 Å². The molecule has 10 rings (SSSR count). The highest BCUT2D eigenvalue weighted by molar-refractivity contribution is 6.06. The summed E-state index contributed by atoms with van der Waals surface area (Å²) in [7, 11) is 0. The van der Waals surface area contributed by atoms with Gasteiger partial charge in [0, 0.05) is 74.9 Å². The van der Waals surface area contributed by atoms with Gasteiger partial charge in [-0.3, -0.25) is 9.98 Å². The lowest BCUT2D eigenvalue weighted by molar-refractivity contribution is 0.232. The molecule has 0 spiro atoms. The maximum Gasteiger partial charge on any atom is 0.200 e. The summed E-state index contributed by atoms with van der Waals surface area (Å²) in [6.07, 6.45) is 5.19. The first-order valence-electron chi connectivity index (χ1n) is 38.3. The summed E-state index contributed by atoms with van der Waals surface area (Å²) in [4.78, 5) is 9.84. The standard InChI is InChI=1S/C91H114N2O14/c1-87(2,3)69-23-35-75(36-24-69)96-47-15-53-102-81-59-79(60-82(63-81)103-54-16-48-97-76-37-25-70(26-38-76)88(4,5)6)100-51-13-45-94-73-31-19-67(20-32-73)65-91(85-92-43-57-106-85,86-93-44-58-107-86)66-68-21-33-74(34-22-68)95-46-14-52-101-80-61-83(104-55-17-49-98-77-39-27-71(28-40-77)89(7,8)9)64-84(62-80)105-56-18-50-99-78-41-29-72(30-42-78)90(10,11)12/h19-42,59-64H,13-18,43-58,65-66H2,1-12H3. The van der Waals surface area contributed by atoms with Crippen LogP contribution in [-0.4, -0.2) is 117 Å². The van der Waals surface area contributed by atoms with Gasteiger partial charge >= 0.3 is 0 Å². The van der Waals surface area contributed by atoms with E-state index in [1.807, 2.05) is 109 Å². The summed E-state index contributed by atoms with van der Waals surface area (Å²) in [6, 6.07) is 61.2. The van der Waals surface area contributed by atoms with Crippen LogP contribution in [0.5, 0.6) is 69.0 Å². The highest BCUT2D eigenvalue weighted by atomic mass is 16.5. The highest BCUT2D eigenvalue weighted by Crippen LogP contribution is 2.38. The van der Waals surface area contributed by atoms with Gasteiger partial charge in [-0.1, -0.05) is 156 Å². The van der Waals surface area contributed by atoms with Crippen molar-refractivity contribution >= 4 is 11.8 Å². The molecule has 0 saturated carbocycles. The molecule has 0 radical (unpaired) electrons. The molecule has 8 aromatic rings. The molecule has 0 saturated heterocycles. The second kappa shape index (κ2) is 38.7. The van der Waals surface area contributed by atoms with Gasteiger partial charge in [0.1, 0.15) is 87.6 Å². The molecule has 572 valence electrons. The van der Waals surface area contributed by atoms with E-state index >= 15 is 0 Å². The molecule has 0 fully saturated rings. The van der Waals surface area contributed by atoms with Crippen molar-refractivity contribution in [1.82, 2.24) is 0 Å². The van der Waals surface area contributed by atoms with Gasteiger partial charge in [-0.05, 0) is 141 Å². The monoisotopic (exact) mass is 1460 g/mol. The highest BCUT2D eigenvalue weighted by Gasteiger charge is 2.47. The van der Waals surface area contributed by atoms with Gasteiger partial charge in [0.25, 0.3) is 0 Å². The number of hydrogen-bond acceptors (Lipinski definition) is 16. The molecule has 16 nitrogen and oxygen atoms in total. The maximum atomic E-state index is 6.34. The quantitative estimate of drug-likeness (QED) is 0.0333. The van der Waals surface area contributed by atoms with Crippen molar-refractivity contribution in [2.75, 3.05) is 106 Å². The van der Waals surface area contributed by atoms with Crippen molar-refractivity contribution < 1.29 is 66.3 Å². The van der Waals surface area contributed by atoms with Gasteiger partial charge in [0.15, 0.2) is 11.8 Å². The lowest BCUT2D eigenvalue weighted by atomic mass is 9.75. The zero-order valence-electron chi connectivity index (χ0n) is 65.4. The predicted molar refractivity (Wildman–Crippen MR) is 426 cm³/mol. The molecule has 0 bridgehead atoms. The van der Waals surface area contributed by atoms with Crippen LogP contribution in [0.2, 0.25) is 0 Å². The number of benzene rings is 8. The van der Waals surface area contributed by atoms with Gasteiger partial charge in [0.05, 0.1) is 92.4 Å². The Morgan fingerprint density at radius 1 is 0.243 bits per heavy atom. The Kier molecular flexibility index (Phi) is 28.9. The number of rotatable bonds is 42. The second-order valence-electron chi connectivity index (χ2n) is 31.5. The summed E-state index contributed by atoms with van der Waals surface area (Å²) in [6.45, 7) is 34.3. The molecular weight excluding hydrogens is 1350 g/mol. The molecule has 2 heterocycles. The van der Waals surface area contributed by atoms with Crippen LogP contribution in [0, 0.1) is 5.41 Å². The number of aliphatic imine (C=N–C) groups is 2. The molecule has 0 atom stereocenters. The molecule has 0 aromatic heterocycles. The average Bonchev–Trinajstić information content (AvgIpc) is 1.72. The number of hydrogen-bond donors (Lipinski definition) is 0. The van der Waals surface area contributed by atoms with Gasteiger partial charge in [-0.2, -0.15) is 0 Å². The van der Waals surface area contributed by atoms with E-state index in [-0.39, 0.29) is 21.7 Å². The Morgan fingerprint density at radius 2 is 0.421 bits per heavy atom. The summed E-state index contributed by atoms with van der Waals surface area (Å²) >= 11 is 0. The zero-order valence-corrected chi connectivity index (χ0v) is 65.4. The van der Waals surface area contributed by atoms with E-state index in [9.17, 15) is 0 Å². The molecular formula is C91H114N2O14. The van der Waals surface area contributed by atoms with Crippen LogP contribution < -0.4 is 56.8 Å². The van der Waals surface area contributed by atoms with Gasteiger partial charge in [-0.25, -0.2) is 0 Å². The summed E-state index contributed by atoms with van der Waals surface area (Å²) in [5.41, 5.74) is 6.76. The van der Waals surface area contributed by atoms with E-state index < -0.39 is 5.41 Å². The van der Waals surface area contributed by atoms with Gasteiger partial charge < -0.3 is 66.3 Å². The molecule has 8 aromatic carbocycles. The molecule has 16 heteroatoms. The first kappa shape index (κ1) is 79.9. The SMILES string of the molecule is CC(C)(C)c1ccc(OCCCOc2cc(OCCCOc3ccc(CC(Cc4ccc(OCCCOc5cc(OCCCOc6ccc(C(C)(C)C)cc6)cc(OCCCOc6ccc(C(C)(C)C)cc6)c5)cc4)(C4=NCCO4)C4=NCCO4)cc3)cc(OCCCOc3ccc(C(C)(C)C)cc3)c2)cc1. The summed E-state index contributed by atoms with van der Waals surface area (Å²) in [5.74, 6) is 10.1. The lowest BCUT2D eigenvalue weighted by Gasteiger charge is -2.32. The Bertz CT molecular complexity index is 3600. The minimum absolute atomic E-state index is 0.0808. The predicted octanol–water partition coefficient (Wildman–Crippen LogP) is 19.6. The lowest BCUT2D eigenvalue weighted by Crippen LogP contribution is -2.44. The van der Waals surface area contributed by atoms with Crippen molar-refractivity contribution in [1.29, 1.82) is 0 Å². The van der Waals surface area contributed by atoms with Crippen molar-refractivity contribution in [3.05, 3.63) is 215 Å². The van der Waals surface area contributed by atoms with Crippen molar-refractivity contribution in [3.63, 3.8) is 0 Å². The third kappa shape index (κ3) is 25.8. The molecule has 0 aliphatic carbocycles. The fourth-order valence-corrected chi connectivity index (χ4v) is 12.2. The first-order valence-corrected chi connectivity index (χ1v) is 38.3. The van der Waals surface area contributed by atoms with E-state index in [2.05, 4.69) is 156 Å². The smallest absolute Gasteiger partial charge is 0.200 e. The van der Waals surface area contributed by atoms with Crippen LogP contribution in [0.1, 0.15) is 155 Å². The molecule has 2 aliphatic heterocycles. The molecule has 0 N–H and O–H groups in total. The Balaban J connectivity index is 0.691. The van der Waals surface area contributed by atoms with Crippen LogP contribution >= 0.6 is 0 Å².